The first kappa shape index (κ1) is 57.1. The number of esters is 3. The van der Waals surface area contributed by atoms with Crippen molar-refractivity contribution < 1.29 is 28.6 Å². The van der Waals surface area contributed by atoms with Crippen LogP contribution in [0, 0.1) is 0 Å². The summed E-state index contributed by atoms with van der Waals surface area (Å²) >= 11 is 0. The van der Waals surface area contributed by atoms with Crippen LogP contribution >= 0.6 is 0 Å². The lowest BCUT2D eigenvalue weighted by atomic mass is 10.0. The number of ether oxygens (including phenoxy) is 3. The van der Waals surface area contributed by atoms with Gasteiger partial charge in [-0.05, 0) is 44.9 Å². The molecule has 348 valence electrons. The maximum Gasteiger partial charge on any atom is 0.306 e. The van der Waals surface area contributed by atoms with Crippen LogP contribution in [0.25, 0.3) is 0 Å². The van der Waals surface area contributed by atoms with Gasteiger partial charge in [-0.15, -0.1) is 0 Å². The van der Waals surface area contributed by atoms with Crippen molar-refractivity contribution in [2.45, 2.75) is 297 Å². The second-order valence-corrected chi connectivity index (χ2v) is 17.8. The van der Waals surface area contributed by atoms with Gasteiger partial charge in [-0.3, -0.25) is 14.4 Å². The third-order valence-electron chi connectivity index (χ3n) is 11.8. The summed E-state index contributed by atoms with van der Waals surface area (Å²) < 4.78 is 16.8. The number of rotatable bonds is 48. The Morgan fingerprint density at radius 2 is 0.559 bits per heavy atom. The highest BCUT2D eigenvalue weighted by molar-refractivity contribution is 5.71. The molecule has 0 unspecified atom stereocenters. The monoisotopic (exact) mass is 833 g/mol. The smallest absolute Gasteiger partial charge is 0.306 e. The molecule has 0 bridgehead atoms. The van der Waals surface area contributed by atoms with E-state index in [1.807, 2.05) is 0 Å². The van der Waals surface area contributed by atoms with Crippen molar-refractivity contribution in [1.29, 1.82) is 0 Å². The lowest BCUT2D eigenvalue weighted by molar-refractivity contribution is -0.167. The summed E-state index contributed by atoms with van der Waals surface area (Å²) in [4.78, 5) is 37.9. The zero-order chi connectivity index (χ0) is 43.0. The van der Waals surface area contributed by atoms with Crippen molar-refractivity contribution in [1.82, 2.24) is 0 Å². The van der Waals surface area contributed by atoms with Gasteiger partial charge in [0.05, 0.1) is 0 Å². The maximum absolute atomic E-state index is 12.8. The fourth-order valence-electron chi connectivity index (χ4n) is 7.79. The normalized spacial score (nSPS) is 12.0. The van der Waals surface area contributed by atoms with E-state index in [1.54, 1.807) is 0 Å². The van der Waals surface area contributed by atoms with Crippen molar-refractivity contribution in [3.05, 3.63) is 12.2 Å². The number of carbonyl (C=O) groups excluding carboxylic acids is 3. The summed E-state index contributed by atoms with van der Waals surface area (Å²) in [6.07, 6.45) is 53.3. The van der Waals surface area contributed by atoms with Crippen molar-refractivity contribution in [3.63, 3.8) is 0 Å². The first-order chi connectivity index (χ1) is 29.0. The minimum atomic E-state index is -0.766. The molecule has 0 radical (unpaired) electrons. The Labute approximate surface area is 367 Å². The molecule has 0 aromatic carbocycles. The van der Waals surface area contributed by atoms with Crippen LogP contribution in [-0.2, 0) is 28.6 Å². The van der Waals surface area contributed by atoms with Crippen LogP contribution in [0.5, 0.6) is 0 Å². The molecule has 0 amide bonds. The van der Waals surface area contributed by atoms with Crippen molar-refractivity contribution >= 4 is 17.9 Å². The fourth-order valence-corrected chi connectivity index (χ4v) is 7.79. The Kier molecular flexibility index (Phi) is 47.3. The molecule has 0 rings (SSSR count). The van der Waals surface area contributed by atoms with Crippen molar-refractivity contribution in [3.8, 4) is 0 Å². The molecule has 6 nitrogen and oxygen atoms in total. The van der Waals surface area contributed by atoms with Crippen LogP contribution in [0.15, 0.2) is 12.2 Å². The van der Waals surface area contributed by atoms with Crippen LogP contribution < -0.4 is 0 Å². The van der Waals surface area contributed by atoms with Gasteiger partial charge < -0.3 is 14.2 Å². The highest BCUT2D eigenvalue weighted by Gasteiger charge is 2.19. The van der Waals surface area contributed by atoms with Crippen molar-refractivity contribution in [2.24, 2.45) is 0 Å². The molecular formula is C53H100O6. The molecule has 0 spiro atoms. The van der Waals surface area contributed by atoms with E-state index in [1.165, 1.54) is 186 Å². The molecule has 0 aromatic rings. The SMILES string of the molecule is CCCCCCCC/C=C/CCCCCCCC(=O)OC[C@H](COC(=O)CCCCCCCCCCCCCCC)OC(=O)CCCCCCCCCCCCCCC. The molecule has 0 aliphatic rings. The molecule has 0 fully saturated rings. The molecule has 6 heteroatoms. The van der Waals surface area contributed by atoms with Crippen LogP contribution in [0.2, 0.25) is 0 Å². The molecule has 0 heterocycles. The van der Waals surface area contributed by atoms with E-state index in [9.17, 15) is 14.4 Å². The molecule has 0 aliphatic heterocycles. The molecular weight excluding hydrogens is 733 g/mol. The van der Waals surface area contributed by atoms with Crippen LogP contribution in [0.4, 0.5) is 0 Å². The number of hydrogen-bond acceptors (Lipinski definition) is 6. The van der Waals surface area contributed by atoms with Gasteiger partial charge in [-0.2, -0.15) is 0 Å². The van der Waals surface area contributed by atoms with E-state index < -0.39 is 6.10 Å². The largest absolute Gasteiger partial charge is 0.462 e. The molecule has 0 aromatic heterocycles. The van der Waals surface area contributed by atoms with Crippen molar-refractivity contribution in [2.75, 3.05) is 13.2 Å². The summed E-state index contributed by atoms with van der Waals surface area (Å²) in [5, 5.41) is 0. The standard InChI is InChI=1S/C53H100O6/c1-4-7-10-13-16-19-22-25-26-29-31-34-37-40-43-46-52(55)58-49-50(59-53(56)47-44-41-38-35-32-28-24-21-18-15-12-9-6-3)48-57-51(54)45-42-39-36-33-30-27-23-20-17-14-11-8-5-2/h25-26,50H,4-24,27-49H2,1-3H3/b26-25+/t50-/m0/s1. The van der Waals surface area contributed by atoms with Gasteiger partial charge in [-0.1, -0.05) is 238 Å². The van der Waals surface area contributed by atoms with Gasteiger partial charge in [0.1, 0.15) is 13.2 Å². The van der Waals surface area contributed by atoms with Crippen LogP contribution in [0.3, 0.4) is 0 Å². The Bertz CT molecular complexity index is 916. The Hall–Kier alpha value is -1.85. The summed E-state index contributed by atoms with van der Waals surface area (Å²) in [5.74, 6) is -0.859. The van der Waals surface area contributed by atoms with E-state index in [-0.39, 0.29) is 31.1 Å². The zero-order valence-electron chi connectivity index (χ0n) is 39.8. The fraction of sp³-hybridized carbons (Fsp3) is 0.906. The summed E-state index contributed by atoms with van der Waals surface area (Å²) in [5.41, 5.74) is 0. The molecule has 0 saturated carbocycles. The van der Waals surface area contributed by atoms with Gasteiger partial charge >= 0.3 is 17.9 Å². The van der Waals surface area contributed by atoms with E-state index in [4.69, 9.17) is 14.2 Å². The Balaban J connectivity index is 4.33. The summed E-state index contributed by atoms with van der Waals surface area (Å²) in [7, 11) is 0. The number of hydrogen-bond donors (Lipinski definition) is 0. The average Bonchev–Trinajstić information content (AvgIpc) is 3.23. The Morgan fingerprint density at radius 3 is 0.847 bits per heavy atom. The minimum absolute atomic E-state index is 0.0672. The van der Waals surface area contributed by atoms with Crippen LogP contribution in [0.1, 0.15) is 290 Å². The predicted octanol–water partition coefficient (Wildman–Crippen LogP) is 17.0. The van der Waals surface area contributed by atoms with Crippen LogP contribution in [-0.4, -0.2) is 37.2 Å². The molecule has 0 aliphatic carbocycles. The second kappa shape index (κ2) is 48.8. The summed E-state index contributed by atoms with van der Waals surface area (Å²) in [6, 6.07) is 0. The minimum Gasteiger partial charge on any atom is -0.462 e. The van der Waals surface area contributed by atoms with Gasteiger partial charge in [0, 0.05) is 19.3 Å². The van der Waals surface area contributed by atoms with Gasteiger partial charge in [0.2, 0.25) is 0 Å². The highest BCUT2D eigenvalue weighted by atomic mass is 16.6. The molecule has 59 heavy (non-hydrogen) atoms. The van der Waals surface area contributed by atoms with E-state index in [0.717, 1.165) is 64.2 Å². The van der Waals surface area contributed by atoms with E-state index in [0.29, 0.717) is 19.3 Å². The highest BCUT2D eigenvalue weighted by Crippen LogP contribution is 2.16. The molecule has 1 atom stereocenters. The number of allylic oxidation sites excluding steroid dienone is 2. The first-order valence-corrected chi connectivity index (χ1v) is 26.2. The topological polar surface area (TPSA) is 78.9 Å². The lowest BCUT2D eigenvalue weighted by Gasteiger charge is -2.18. The average molecular weight is 833 g/mol. The van der Waals surface area contributed by atoms with Gasteiger partial charge in [0.25, 0.3) is 0 Å². The van der Waals surface area contributed by atoms with E-state index in [2.05, 4.69) is 32.9 Å². The predicted molar refractivity (Wildman–Crippen MR) is 252 cm³/mol. The zero-order valence-corrected chi connectivity index (χ0v) is 39.8. The van der Waals surface area contributed by atoms with Gasteiger partial charge in [-0.25, -0.2) is 0 Å². The lowest BCUT2D eigenvalue weighted by Crippen LogP contribution is -2.30. The quantitative estimate of drug-likeness (QED) is 0.0263. The number of unbranched alkanes of at least 4 members (excludes halogenated alkanes) is 35. The Morgan fingerprint density at radius 1 is 0.322 bits per heavy atom. The third-order valence-corrected chi connectivity index (χ3v) is 11.8. The number of carbonyl (C=O) groups is 3. The molecule has 0 saturated heterocycles. The summed E-state index contributed by atoms with van der Waals surface area (Å²) in [6.45, 7) is 6.66. The van der Waals surface area contributed by atoms with E-state index >= 15 is 0 Å². The first-order valence-electron chi connectivity index (χ1n) is 26.2. The maximum atomic E-state index is 12.8. The second-order valence-electron chi connectivity index (χ2n) is 17.8. The van der Waals surface area contributed by atoms with Gasteiger partial charge in [0.15, 0.2) is 6.10 Å². The molecule has 0 N–H and O–H groups in total. The third kappa shape index (κ3) is 47.1.